The molecule has 0 saturated heterocycles. The van der Waals surface area contributed by atoms with Crippen LogP contribution in [0.2, 0.25) is 0 Å². The second-order valence-corrected chi connectivity index (χ2v) is 6.06. The predicted molar refractivity (Wildman–Crippen MR) is 76.1 cm³/mol. The van der Waals surface area contributed by atoms with Gasteiger partial charge >= 0.3 is 0 Å². The van der Waals surface area contributed by atoms with Crippen molar-refractivity contribution >= 4 is 0 Å². The summed E-state index contributed by atoms with van der Waals surface area (Å²) in [7, 11) is 2.30. The molecule has 0 aliphatic heterocycles. The maximum absolute atomic E-state index is 6.02. The fraction of sp³-hybridized carbons (Fsp3) is 1.00. The Kier molecular flexibility index (Phi) is 6.50. The smallest absolute Gasteiger partial charge is 0.0243 e. The Morgan fingerprint density at radius 2 is 1.94 bits per heavy atom. The van der Waals surface area contributed by atoms with Crippen molar-refractivity contribution in [1.82, 2.24) is 4.90 Å². The van der Waals surface area contributed by atoms with Gasteiger partial charge < -0.3 is 5.73 Å². The van der Waals surface area contributed by atoms with Crippen molar-refractivity contribution in [1.29, 1.82) is 0 Å². The van der Waals surface area contributed by atoms with Gasteiger partial charge in [0, 0.05) is 18.6 Å². The van der Waals surface area contributed by atoms with Crippen molar-refractivity contribution < 1.29 is 0 Å². The highest BCUT2D eigenvalue weighted by Gasteiger charge is 2.30. The minimum Gasteiger partial charge on any atom is -0.329 e. The van der Waals surface area contributed by atoms with Crippen LogP contribution in [0.15, 0.2) is 0 Å². The first kappa shape index (κ1) is 15.0. The molecule has 1 rings (SSSR count). The zero-order valence-corrected chi connectivity index (χ0v) is 12.3. The Labute approximate surface area is 108 Å². The Balaban J connectivity index is 2.60. The molecule has 17 heavy (non-hydrogen) atoms. The van der Waals surface area contributed by atoms with Crippen LogP contribution in [0.1, 0.15) is 59.3 Å². The Bertz CT molecular complexity index is 205. The van der Waals surface area contributed by atoms with Crippen LogP contribution >= 0.6 is 0 Å². The van der Waals surface area contributed by atoms with Gasteiger partial charge in [-0.3, -0.25) is 4.90 Å². The molecule has 4 atom stereocenters. The van der Waals surface area contributed by atoms with Gasteiger partial charge in [0.2, 0.25) is 0 Å². The van der Waals surface area contributed by atoms with Crippen LogP contribution in [0.25, 0.3) is 0 Å². The van der Waals surface area contributed by atoms with Crippen LogP contribution in [-0.4, -0.2) is 30.6 Å². The summed E-state index contributed by atoms with van der Waals surface area (Å²) < 4.78 is 0. The van der Waals surface area contributed by atoms with Crippen molar-refractivity contribution in [3.8, 4) is 0 Å². The van der Waals surface area contributed by atoms with E-state index in [0.717, 1.165) is 24.4 Å². The van der Waals surface area contributed by atoms with E-state index in [2.05, 4.69) is 32.7 Å². The number of nitrogens with zero attached hydrogens (tertiary/aromatic N) is 1. The van der Waals surface area contributed by atoms with E-state index in [1.54, 1.807) is 0 Å². The number of rotatable bonds is 6. The number of likely N-dealkylation sites (N-methyl/N-ethyl adjacent to an activating group) is 1. The van der Waals surface area contributed by atoms with Gasteiger partial charge in [-0.25, -0.2) is 0 Å². The van der Waals surface area contributed by atoms with E-state index in [9.17, 15) is 0 Å². The second kappa shape index (κ2) is 7.38. The lowest BCUT2D eigenvalue weighted by Gasteiger charge is -2.42. The van der Waals surface area contributed by atoms with Gasteiger partial charge in [0.1, 0.15) is 0 Å². The fourth-order valence-electron chi connectivity index (χ4n) is 3.60. The minimum atomic E-state index is 0.570. The second-order valence-electron chi connectivity index (χ2n) is 6.06. The fourth-order valence-corrected chi connectivity index (χ4v) is 3.60. The summed E-state index contributed by atoms with van der Waals surface area (Å²) in [5, 5.41) is 0. The minimum absolute atomic E-state index is 0.570. The number of hydrogen-bond acceptors (Lipinski definition) is 2. The zero-order valence-electron chi connectivity index (χ0n) is 12.3. The molecule has 0 aromatic rings. The zero-order chi connectivity index (χ0) is 12.8. The number of nitrogens with two attached hydrogens (primary N) is 1. The molecule has 1 aliphatic carbocycles. The maximum Gasteiger partial charge on any atom is 0.0243 e. The Hall–Kier alpha value is -0.0800. The summed E-state index contributed by atoms with van der Waals surface area (Å²) in [6.45, 7) is 7.86. The first-order chi connectivity index (χ1) is 8.11. The topological polar surface area (TPSA) is 29.3 Å². The van der Waals surface area contributed by atoms with Crippen molar-refractivity contribution in [3.05, 3.63) is 0 Å². The summed E-state index contributed by atoms with van der Waals surface area (Å²) in [6, 6.07) is 1.33. The van der Waals surface area contributed by atoms with Gasteiger partial charge in [-0.05, 0) is 38.1 Å². The maximum atomic E-state index is 6.02. The van der Waals surface area contributed by atoms with Crippen LogP contribution in [-0.2, 0) is 0 Å². The highest BCUT2D eigenvalue weighted by molar-refractivity contribution is 4.85. The lowest BCUT2D eigenvalue weighted by atomic mass is 9.83. The van der Waals surface area contributed by atoms with Crippen LogP contribution in [0.4, 0.5) is 0 Å². The van der Waals surface area contributed by atoms with E-state index in [0.29, 0.717) is 6.04 Å². The molecule has 0 radical (unpaired) electrons. The van der Waals surface area contributed by atoms with Crippen LogP contribution in [0.5, 0.6) is 0 Å². The summed E-state index contributed by atoms with van der Waals surface area (Å²) in [4.78, 5) is 2.60. The van der Waals surface area contributed by atoms with Gasteiger partial charge in [0.05, 0.1) is 0 Å². The van der Waals surface area contributed by atoms with Gasteiger partial charge in [0.15, 0.2) is 0 Å². The molecule has 1 saturated carbocycles. The molecular formula is C15H32N2. The number of hydrogen-bond donors (Lipinski definition) is 1. The normalized spacial score (nSPS) is 29.3. The van der Waals surface area contributed by atoms with Crippen molar-refractivity contribution in [2.75, 3.05) is 13.6 Å². The van der Waals surface area contributed by atoms with Gasteiger partial charge in [-0.1, -0.05) is 40.0 Å². The molecule has 2 nitrogen and oxygen atoms in total. The lowest BCUT2D eigenvalue weighted by molar-refractivity contribution is 0.0719. The van der Waals surface area contributed by atoms with E-state index in [-0.39, 0.29) is 0 Å². The lowest BCUT2D eigenvalue weighted by Crippen LogP contribution is -2.50. The van der Waals surface area contributed by atoms with E-state index >= 15 is 0 Å². The summed E-state index contributed by atoms with van der Waals surface area (Å²) in [5.74, 6) is 1.57. The third-order valence-electron chi connectivity index (χ3n) is 4.75. The van der Waals surface area contributed by atoms with Crippen molar-refractivity contribution in [2.24, 2.45) is 17.6 Å². The van der Waals surface area contributed by atoms with E-state index in [1.165, 1.54) is 38.5 Å². The standard InChI is InChI=1S/C15H32N2/c1-5-8-12(2)15(11-16)17(4)14-10-7-6-9-13(14)3/h12-15H,5-11,16H2,1-4H3. The third-order valence-corrected chi connectivity index (χ3v) is 4.75. The molecule has 2 N–H and O–H groups in total. The molecule has 1 fully saturated rings. The van der Waals surface area contributed by atoms with E-state index in [4.69, 9.17) is 5.73 Å². The average Bonchev–Trinajstić information content (AvgIpc) is 2.30. The van der Waals surface area contributed by atoms with Crippen molar-refractivity contribution in [2.45, 2.75) is 71.4 Å². The van der Waals surface area contributed by atoms with Crippen LogP contribution in [0.3, 0.4) is 0 Å². The summed E-state index contributed by atoms with van der Waals surface area (Å²) in [6.07, 6.45) is 8.16. The van der Waals surface area contributed by atoms with Gasteiger partial charge in [-0.2, -0.15) is 0 Å². The molecule has 0 aromatic heterocycles. The molecule has 1 aliphatic rings. The monoisotopic (exact) mass is 240 g/mol. The molecule has 0 spiro atoms. The summed E-state index contributed by atoms with van der Waals surface area (Å²) in [5.41, 5.74) is 6.02. The third kappa shape index (κ3) is 3.96. The quantitative estimate of drug-likeness (QED) is 0.772. The molecule has 0 aromatic carbocycles. The summed E-state index contributed by atoms with van der Waals surface area (Å²) >= 11 is 0. The van der Waals surface area contributed by atoms with E-state index in [1.807, 2.05) is 0 Å². The van der Waals surface area contributed by atoms with Crippen LogP contribution in [0, 0.1) is 11.8 Å². The largest absolute Gasteiger partial charge is 0.329 e. The average molecular weight is 240 g/mol. The Morgan fingerprint density at radius 1 is 1.29 bits per heavy atom. The molecule has 4 unspecified atom stereocenters. The first-order valence-electron chi connectivity index (χ1n) is 7.53. The molecule has 0 heterocycles. The predicted octanol–water partition coefficient (Wildman–Crippen LogP) is 3.26. The highest BCUT2D eigenvalue weighted by Crippen LogP contribution is 2.30. The van der Waals surface area contributed by atoms with Gasteiger partial charge in [0.25, 0.3) is 0 Å². The SMILES string of the molecule is CCCC(C)C(CN)N(C)C1CCCCC1C. The molecule has 102 valence electrons. The van der Waals surface area contributed by atoms with Crippen molar-refractivity contribution in [3.63, 3.8) is 0 Å². The first-order valence-corrected chi connectivity index (χ1v) is 7.53. The molecule has 0 amide bonds. The molecule has 0 bridgehead atoms. The van der Waals surface area contributed by atoms with E-state index < -0.39 is 0 Å². The highest BCUT2D eigenvalue weighted by atomic mass is 15.2. The van der Waals surface area contributed by atoms with Gasteiger partial charge in [-0.15, -0.1) is 0 Å². The molecule has 2 heteroatoms. The molecular weight excluding hydrogens is 208 g/mol. The Morgan fingerprint density at radius 3 is 2.47 bits per heavy atom. The van der Waals surface area contributed by atoms with Crippen LogP contribution < -0.4 is 5.73 Å².